The van der Waals surface area contributed by atoms with Gasteiger partial charge >= 0.3 is 0 Å². The number of nitro benzene ring substituents is 1. The smallest absolute Gasteiger partial charge is 0.270 e. The van der Waals surface area contributed by atoms with Gasteiger partial charge < -0.3 is 15.1 Å². The highest BCUT2D eigenvalue weighted by Gasteiger charge is 2.28. The van der Waals surface area contributed by atoms with E-state index in [9.17, 15) is 19.7 Å². The molecule has 0 aliphatic carbocycles. The summed E-state index contributed by atoms with van der Waals surface area (Å²) in [6, 6.07) is 15.6. The first kappa shape index (κ1) is 21.6. The minimum absolute atomic E-state index is 0.000521. The molecule has 2 aromatic rings. The van der Waals surface area contributed by atoms with Crippen LogP contribution in [0.2, 0.25) is 0 Å². The van der Waals surface area contributed by atoms with Gasteiger partial charge in [-0.3, -0.25) is 19.7 Å². The Balaban J connectivity index is 1.61. The predicted octanol–water partition coefficient (Wildman–Crippen LogP) is 2.54. The molecule has 2 aromatic carbocycles. The molecule has 0 radical (unpaired) electrons. The Morgan fingerprint density at radius 3 is 2.43 bits per heavy atom. The quantitative estimate of drug-likeness (QED) is 0.414. The second kappa shape index (κ2) is 10.1. The number of non-ortho nitro benzene ring substituents is 1. The molecular weight excluding hydrogens is 404 g/mol. The highest BCUT2D eigenvalue weighted by atomic mass is 32.2. The van der Waals surface area contributed by atoms with Crippen molar-refractivity contribution in [1.29, 1.82) is 0 Å². The number of amides is 2. The van der Waals surface area contributed by atoms with Crippen LogP contribution < -0.4 is 10.2 Å². The molecule has 8 nitrogen and oxygen atoms in total. The van der Waals surface area contributed by atoms with Crippen molar-refractivity contribution in [2.24, 2.45) is 0 Å². The van der Waals surface area contributed by atoms with E-state index in [4.69, 9.17) is 0 Å². The molecule has 2 amide bonds. The van der Waals surface area contributed by atoms with E-state index in [-0.39, 0.29) is 17.5 Å². The van der Waals surface area contributed by atoms with Crippen molar-refractivity contribution >= 4 is 35.0 Å². The number of hydrogen-bond donors (Lipinski definition) is 1. The van der Waals surface area contributed by atoms with E-state index in [1.54, 1.807) is 17.0 Å². The first-order valence-corrected chi connectivity index (χ1v) is 10.7. The van der Waals surface area contributed by atoms with Gasteiger partial charge in [0.2, 0.25) is 11.8 Å². The highest BCUT2D eigenvalue weighted by Crippen LogP contribution is 2.24. The molecular formula is C21H24N4O4S. The van der Waals surface area contributed by atoms with Crippen LogP contribution in [0.25, 0.3) is 0 Å². The summed E-state index contributed by atoms with van der Waals surface area (Å²) in [5, 5.41) is 13.7. The SMILES string of the molecule is CC(=O)NC(CSc1cccc([N+](=O)[O-])c1)C(=O)N1CCN(c2ccccc2)CC1. The molecule has 158 valence electrons. The van der Waals surface area contributed by atoms with Crippen molar-refractivity contribution in [2.45, 2.75) is 17.9 Å². The van der Waals surface area contributed by atoms with Crippen LogP contribution in [-0.2, 0) is 9.59 Å². The van der Waals surface area contributed by atoms with Crippen LogP contribution in [0, 0.1) is 10.1 Å². The van der Waals surface area contributed by atoms with Crippen molar-refractivity contribution in [1.82, 2.24) is 10.2 Å². The number of nitrogens with one attached hydrogen (secondary N) is 1. The van der Waals surface area contributed by atoms with Crippen molar-refractivity contribution in [3.8, 4) is 0 Å². The molecule has 1 atom stereocenters. The minimum Gasteiger partial charge on any atom is -0.368 e. The van der Waals surface area contributed by atoms with E-state index >= 15 is 0 Å². The zero-order valence-corrected chi connectivity index (χ0v) is 17.5. The molecule has 1 saturated heterocycles. The second-order valence-corrected chi connectivity index (χ2v) is 8.06. The lowest BCUT2D eigenvalue weighted by Gasteiger charge is -2.37. The Labute approximate surface area is 179 Å². The molecule has 9 heteroatoms. The molecule has 1 heterocycles. The van der Waals surface area contributed by atoms with E-state index in [1.807, 2.05) is 30.3 Å². The van der Waals surface area contributed by atoms with Crippen LogP contribution in [0.4, 0.5) is 11.4 Å². The molecule has 0 bridgehead atoms. The first-order chi connectivity index (χ1) is 14.4. The lowest BCUT2D eigenvalue weighted by atomic mass is 10.2. The zero-order valence-electron chi connectivity index (χ0n) is 16.7. The van der Waals surface area contributed by atoms with Crippen LogP contribution >= 0.6 is 11.8 Å². The van der Waals surface area contributed by atoms with Crippen molar-refractivity contribution < 1.29 is 14.5 Å². The largest absolute Gasteiger partial charge is 0.368 e. The van der Waals surface area contributed by atoms with Crippen LogP contribution in [0.3, 0.4) is 0 Å². The van der Waals surface area contributed by atoms with Gasteiger partial charge in [0, 0.05) is 61.6 Å². The van der Waals surface area contributed by atoms with Gasteiger partial charge in [0.05, 0.1) is 4.92 Å². The zero-order chi connectivity index (χ0) is 21.5. The molecule has 30 heavy (non-hydrogen) atoms. The lowest BCUT2D eigenvalue weighted by molar-refractivity contribution is -0.385. The molecule has 3 rings (SSSR count). The molecule has 1 aliphatic heterocycles. The summed E-state index contributed by atoms with van der Waals surface area (Å²) in [6.07, 6.45) is 0. The van der Waals surface area contributed by atoms with Crippen molar-refractivity contribution in [3.63, 3.8) is 0 Å². The number of nitrogens with zero attached hydrogens (tertiary/aromatic N) is 3. The summed E-state index contributed by atoms with van der Waals surface area (Å²) in [6.45, 7) is 3.98. The molecule has 1 fully saturated rings. The van der Waals surface area contributed by atoms with Crippen LogP contribution in [0.15, 0.2) is 59.5 Å². The van der Waals surface area contributed by atoms with E-state index in [1.165, 1.54) is 30.8 Å². The van der Waals surface area contributed by atoms with Crippen LogP contribution in [0.5, 0.6) is 0 Å². The third kappa shape index (κ3) is 5.73. The Kier molecular flexibility index (Phi) is 7.29. The van der Waals surface area contributed by atoms with Gasteiger partial charge in [-0.05, 0) is 18.2 Å². The molecule has 0 aromatic heterocycles. The summed E-state index contributed by atoms with van der Waals surface area (Å²) >= 11 is 1.31. The van der Waals surface area contributed by atoms with Gasteiger partial charge in [-0.15, -0.1) is 11.8 Å². The van der Waals surface area contributed by atoms with Crippen LogP contribution in [0.1, 0.15) is 6.92 Å². The van der Waals surface area contributed by atoms with Gasteiger partial charge in [0.25, 0.3) is 5.69 Å². The van der Waals surface area contributed by atoms with Crippen molar-refractivity contribution in [2.75, 3.05) is 36.8 Å². The number of benzene rings is 2. The topological polar surface area (TPSA) is 95.8 Å². The number of carbonyl (C=O) groups excluding carboxylic acids is 2. The number of rotatable bonds is 7. The fourth-order valence-electron chi connectivity index (χ4n) is 3.33. The van der Waals surface area contributed by atoms with Gasteiger partial charge in [-0.2, -0.15) is 0 Å². The third-order valence-electron chi connectivity index (χ3n) is 4.83. The number of carbonyl (C=O) groups is 2. The summed E-state index contributed by atoms with van der Waals surface area (Å²) in [4.78, 5) is 39.9. The maximum atomic E-state index is 13.0. The summed E-state index contributed by atoms with van der Waals surface area (Å²) < 4.78 is 0. The number of anilines is 1. The Morgan fingerprint density at radius 1 is 1.10 bits per heavy atom. The second-order valence-electron chi connectivity index (χ2n) is 6.97. The number of para-hydroxylation sites is 1. The van der Waals surface area contributed by atoms with E-state index < -0.39 is 11.0 Å². The normalized spacial score (nSPS) is 14.8. The summed E-state index contributed by atoms with van der Waals surface area (Å²) in [7, 11) is 0. The maximum absolute atomic E-state index is 13.0. The number of piperazine rings is 1. The Hall–Kier alpha value is -3.07. The molecule has 1 unspecified atom stereocenters. The summed E-state index contributed by atoms with van der Waals surface area (Å²) in [5.41, 5.74) is 1.13. The first-order valence-electron chi connectivity index (χ1n) is 9.67. The van der Waals surface area contributed by atoms with Gasteiger partial charge in [-0.1, -0.05) is 24.3 Å². The van der Waals surface area contributed by atoms with Crippen LogP contribution in [-0.4, -0.2) is 59.6 Å². The van der Waals surface area contributed by atoms with Gasteiger partial charge in [0.1, 0.15) is 6.04 Å². The summed E-state index contributed by atoms with van der Waals surface area (Å²) in [5.74, 6) is -0.106. The molecule has 1 aliphatic rings. The maximum Gasteiger partial charge on any atom is 0.270 e. The standard InChI is InChI=1S/C21H24N4O4S/c1-16(26)22-20(15-30-19-9-5-8-18(14-19)25(28)29)21(27)24-12-10-23(11-13-24)17-6-3-2-4-7-17/h2-9,14,20H,10-13,15H2,1H3,(H,22,26). The van der Waals surface area contributed by atoms with E-state index in [2.05, 4.69) is 10.2 Å². The van der Waals surface area contributed by atoms with Gasteiger partial charge in [-0.25, -0.2) is 0 Å². The molecule has 1 N–H and O–H groups in total. The average molecular weight is 429 g/mol. The van der Waals surface area contributed by atoms with Crippen molar-refractivity contribution in [3.05, 3.63) is 64.7 Å². The third-order valence-corrected chi connectivity index (χ3v) is 5.92. The monoisotopic (exact) mass is 428 g/mol. The Morgan fingerprint density at radius 2 is 1.80 bits per heavy atom. The molecule has 0 spiro atoms. The van der Waals surface area contributed by atoms with E-state index in [0.29, 0.717) is 23.7 Å². The van der Waals surface area contributed by atoms with Gasteiger partial charge in [0.15, 0.2) is 0 Å². The average Bonchev–Trinajstić information content (AvgIpc) is 2.77. The van der Waals surface area contributed by atoms with E-state index in [0.717, 1.165) is 18.8 Å². The Bertz CT molecular complexity index is 901. The fourth-order valence-corrected chi connectivity index (χ4v) is 4.29. The fraction of sp³-hybridized carbons (Fsp3) is 0.333. The number of hydrogen-bond acceptors (Lipinski definition) is 6. The minimum atomic E-state index is -0.685. The predicted molar refractivity (Wildman–Crippen MR) is 117 cm³/mol. The lowest BCUT2D eigenvalue weighted by Crippen LogP contribution is -2.55. The molecule has 0 saturated carbocycles. The number of nitro groups is 1. The number of thioether (sulfide) groups is 1. The highest BCUT2D eigenvalue weighted by molar-refractivity contribution is 7.99.